The minimum absolute atomic E-state index is 0.0369. The summed E-state index contributed by atoms with van der Waals surface area (Å²) in [7, 11) is 0. The number of amides is 1. The van der Waals surface area contributed by atoms with Crippen LogP contribution in [0.4, 0.5) is 4.39 Å². The van der Waals surface area contributed by atoms with E-state index in [2.05, 4.69) is 10.2 Å². The summed E-state index contributed by atoms with van der Waals surface area (Å²) < 4.78 is 13.9. The summed E-state index contributed by atoms with van der Waals surface area (Å²) in [6.07, 6.45) is 4.63. The number of halogens is 1. The summed E-state index contributed by atoms with van der Waals surface area (Å²) in [4.78, 5) is 14.4. The van der Waals surface area contributed by atoms with Crippen molar-refractivity contribution in [3.63, 3.8) is 0 Å². The van der Waals surface area contributed by atoms with Crippen LogP contribution in [0.1, 0.15) is 52.8 Å². The van der Waals surface area contributed by atoms with E-state index in [9.17, 15) is 9.18 Å². The average Bonchev–Trinajstić information content (AvgIpc) is 3.17. The Morgan fingerprint density at radius 1 is 1.29 bits per heavy atom. The Labute approximate surface area is 122 Å². The van der Waals surface area contributed by atoms with E-state index < -0.39 is 0 Å². The number of nitrogens with one attached hydrogen (secondary N) is 1. The number of aromatic amines is 1. The lowest BCUT2D eigenvalue weighted by Crippen LogP contribution is -2.45. The molecule has 2 aliphatic rings. The molecule has 2 aromatic rings. The maximum absolute atomic E-state index is 13.9. The normalized spacial score (nSPS) is 21.2. The van der Waals surface area contributed by atoms with Crippen molar-refractivity contribution in [1.82, 2.24) is 15.1 Å². The molecule has 4 rings (SSSR count). The first-order chi connectivity index (χ1) is 10.3. The van der Waals surface area contributed by atoms with Crippen LogP contribution in [-0.4, -0.2) is 27.5 Å². The van der Waals surface area contributed by atoms with Gasteiger partial charge in [0.2, 0.25) is 0 Å². The molecular weight excluding hydrogens is 269 g/mol. The Kier molecular flexibility index (Phi) is 2.80. The number of benzene rings is 1. The van der Waals surface area contributed by atoms with Crippen molar-refractivity contribution in [2.75, 3.05) is 6.54 Å². The van der Waals surface area contributed by atoms with Gasteiger partial charge in [0.25, 0.3) is 5.91 Å². The van der Waals surface area contributed by atoms with Crippen LogP contribution in [0.5, 0.6) is 0 Å². The summed E-state index contributed by atoms with van der Waals surface area (Å²) in [6, 6.07) is 6.54. The highest BCUT2D eigenvalue weighted by Crippen LogP contribution is 2.42. The molecule has 1 atom stereocenters. The summed E-state index contributed by atoms with van der Waals surface area (Å²) in [5.41, 5.74) is 2.20. The van der Waals surface area contributed by atoms with Crippen molar-refractivity contribution >= 4 is 5.91 Å². The van der Waals surface area contributed by atoms with Gasteiger partial charge in [0.05, 0.1) is 23.5 Å². The van der Waals surface area contributed by atoms with Crippen molar-refractivity contribution in [3.8, 4) is 0 Å². The van der Waals surface area contributed by atoms with Crippen LogP contribution in [0.15, 0.2) is 30.5 Å². The van der Waals surface area contributed by atoms with Crippen LogP contribution in [0.2, 0.25) is 0 Å². The summed E-state index contributed by atoms with van der Waals surface area (Å²) in [5.74, 6) is 0.166. The number of likely N-dealkylation sites (tertiary alicyclic amines) is 1. The standard InChI is InChI=1S/C16H16FN3O/c17-13-4-2-1-3-11(13)14-7-8-20(14)16(21)12-9-18-19-15(12)10-5-6-10/h1-4,9-10,14H,5-8H2,(H,18,19). The first-order valence-corrected chi connectivity index (χ1v) is 7.34. The molecule has 0 spiro atoms. The van der Waals surface area contributed by atoms with E-state index in [1.807, 2.05) is 6.07 Å². The van der Waals surface area contributed by atoms with E-state index in [1.165, 1.54) is 6.07 Å². The summed E-state index contributed by atoms with van der Waals surface area (Å²) >= 11 is 0. The van der Waals surface area contributed by atoms with E-state index in [1.54, 1.807) is 23.2 Å². The minimum Gasteiger partial charge on any atom is -0.331 e. The zero-order valence-corrected chi connectivity index (χ0v) is 11.6. The molecule has 1 aliphatic heterocycles. The van der Waals surface area contributed by atoms with Crippen molar-refractivity contribution < 1.29 is 9.18 Å². The molecule has 1 saturated carbocycles. The smallest absolute Gasteiger partial charge is 0.257 e. The van der Waals surface area contributed by atoms with Gasteiger partial charge >= 0.3 is 0 Å². The summed E-state index contributed by atoms with van der Waals surface area (Å²) in [6.45, 7) is 0.674. The molecule has 0 radical (unpaired) electrons. The molecule has 1 saturated heterocycles. The average molecular weight is 285 g/mol. The molecule has 1 unspecified atom stereocenters. The fraction of sp³-hybridized carbons (Fsp3) is 0.375. The van der Waals surface area contributed by atoms with E-state index in [-0.39, 0.29) is 17.8 Å². The number of aromatic nitrogens is 2. The van der Waals surface area contributed by atoms with Gasteiger partial charge in [-0.15, -0.1) is 0 Å². The number of hydrogen-bond acceptors (Lipinski definition) is 2. The number of nitrogens with zero attached hydrogens (tertiary/aromatic N) is 2. The first kappa shape index (κ1) is 12.6. The molecule has 5 heteroatoms. The topological polar surface area (TPSA) is 49.0 Å². The van der Waals surface area contributed by atoms with Crippen molar-refractivity contribution in [3.05, 3.63) is 53.1 Å². The number of carbonyl (C=O) groups excluding carboxylic acids is 1. The van der Waals surface area contributed by atoms with E-state index >= 15 is 0 Å². The molecule has 108 valence electrons. The lowest BCUT2D eigenvalue weighted by molar-refractivity contribution is 0.0452. The highest BCUT2D eigenvalue weighted by Gasteiger charge is 2.38. The van der Waals surface area contributed by atoms with Gasteiger partial charge in [0, 0.05) is 18.0 Å². The van der Waals surface area contributed by atoms with Gasteiger partial charge in [-0.05, 0) is 25.3 Å². The molecule has 2 heterocycles. The maximum Gasteiger partial charge on any atom is 0.257 e. The van der Waals surface area contributed by atoms with Crippen molar-refractivity contribution in [2.45, 2.75) is 31.2 Å². The van der Waals surface area contributed by atoms with E-state index in [0.29, 0.717) is 23.6 Å². The van der Waals surface area contributed by atoms with Crippen LogP contribution in [0.25, 0.3) is 0 Å². The Morgan fingerprint density at radius 3 is 2.76 bits per heavy atom. The van der Waals surface area contributed by atoms with Gasteiger partial charge in [-0.2, -0.15) is 5.10 Å². The van der Waals surface area contributed by atoms with Gasteiger partial charge in [0.15, 0.2) is 0 Å². The van der Waals surface area contributed by atoms with Gasteiger partial charge in [-0.1, -0.05) is 18.2 Å². The lowest BCUT2D eigenvalue weighted by Gasteiger charge is -2.41. The molecule has 1 aromatic heterocycles. The SMILES string of the molecule is O=C(c1cn[nH]c1C1CC1)N1CCC1c1ccccc1F. The van der Waals surface area contributed by atoms with Crippen LogP contribution in [0, 0.1) is 5.82 Å². The molecular formula is C16H16FN3O. The molecule has 1 amide bonds. The number of H-pyrrole nitrogens is 1. The van der Waals surface area contributed by atoms with Crippen LogP contribution in [-0.2, 0) is 0 Å². The van der Waals surface area contributed by atoms with Gasteiger partial charge in [-0.3, -0.25) is 9.89 Å². The zero-order chi connectivity index (χ0) is 14.4. The second-order valence-corrected chi connectivity index (χ2v) is 5.80. The molecule has 0 bridgehead atoms. The van der Waals surface area contributed by atoms with Crippen LogP contribution < -0.4 is 0 Å². The van der Waals surface area contributed by atoms with Crippen molar-refractivity contribution in [1.29, 1.82) is 0 Å². The Hall–Kier alpha value is -2.17. The third kappa shape index (κ3) is 2.04. The maximum atomic E-state index is 13.9. The Bertz CT molecular complexity index is 692. The second-order valence-electron chi connectivity index (χ2n) is 5.80. The minimum atomic E-state index is -0.241. The number of hydrogen-bond donors (Lipinski definition) is 1. The monoisotopic (exact) mass is 285 g/mol. The predicted molar refractivity (Wildman–Crippen MR) is 75.4 cm³/mol. The van der Waals surface area contributed by atoms with Gasteiger partial charge in [-0.25, -0.2) is 4.39 Å². The Balaban J connectivity index is 1.60. The van der Waals surface area contributed by atoms with Crippen LogP contribution >= 0.6 is 0 Å². The molecule has 1 aliphatic carbocycles. The van der Waals surface area contributed by atoms with Gasteiger partial charge < -0.3 is 4.90 Å². The fourth-order valence-electron chi connectivity index (χ4n) is 3.00. The predicted octanol–water partition coefficient (Wildman–Crippen LogP) is 3.01. The third-order valence-electron chi connectivity index (χ3n) is 4.43. The number of rotatable bonds is 3. The quantitative estimate of drug-likeness (QED) is 0.942. The van der Waals surface area contributed by atoms with Crippen LogP contribution in [0.3, 0.4) is 0 Å². The molecule has 2 fully saturated rings. The number of carbonyl (C=O) groups is 1. The van der Waals surface area contributed by atoms with Crippen molar-refractivity contribution in [2.24, 2.45) is 0 Å². The van der Waals surface area contributed by atoms with E-state index in [4.69, 9.17) is 0 Å². The van der Waals surface area contributed by atoms with E-state index in [0.717, 1.165) is 25.0 Å². The Morgan fingerprint density at radius 2 is 2.10 bits per heavy atom. The molecule has 4 nitrogen and oxygen atoms in total. The third-order valence-corrected chi connectivity index (χ3v) is 4.43. The lowest BCUT2D eigenvalue weighted by atomic mass is 9.93. The molecule has 1 N–H and O–H groups in total. The largest absolute Gasteiger partial charge is 0.331 e. The second kappa shape index (κ2) is 4.69. The highest BCUT2D eigenvalue weighted by molar-refractivity contribution is 5.96. The summed E-state index contributed by atoms with van der Waals surface area (Å²) in [5, 5.41) is 6.96. The molecule has 1 aromatic carbocycles. The molecule has 21 heavy (non-hydrogen) atoms. The highest BCUT2D eigenvalue weighted by atomic mass is 19.1. The zero-order valence-electron chi connectivity index (χ0n) is 11.6. The van der Waals surface area contributed by atoms with Gasteiger partial charge in [0.1, 0.15) is 5.82 Å². The first-order valence-electron chi connectivity index (χ1n) is 7.34. The fourth-order valence-corrected chi connectivity index (χ4v) is 3.00.